The molecule has 24 heavy (non-hydrogen) atoms. The molecule has 1 aliphatic heterocycles. The van der Waals surface area contributed by atoms with E-state index in [-0.39, 0.29) is 18.1 Å². The Morgan fingerprint density at radius 3 is 2.54 bits per heavy atom. The SMILES string of the molecule is Cc1cc2c(cc1CNC1(c3ccccc3F)CCCC1)OCO2. The van der Waals surface area contributed by atoms with Gasteiger partial charge in [-0.1, -0.05) is 31.0 Å². The number of halogens is 1. The van der Waals surface area contributed by atoms with Crippen molar-refractivity contribution in [3.63, 3.8) is 0 Å². The molecule has 0 bridgehead atoms. The molecule has 0 unspecified atom stereocenters. The Hall–Kier alpha value is -2.07. The molecular formula is C20H22FNO2. The number of nitrogens with one attached hydrogen (secondary N) is 1. The van der Waals surface area contributed by atoms with E-state index in [1.807, 2.05) is 24.3 Å². The molecule has 126 valence electrons. The van der Waals surface area contributed by atoms with Crippen LogP contribution in [-0.2, 0) is 12.1 Å². The van der Waals surface area contributed by atoms with Crippen LogP contribution < -0.4 is 14.8 Å². The molecule has 4 rings (SSSR count). The van der Waals surface area contributed by atoms with Crippen molar-refractivity contribution in [1.82, 2.24) is 5.32 Å². The van der Waals surface area contributed by atoms with Crippen LogP contribution in [0, 0.1) is 12.7 Å². The quantitative estimate of drug-likeness (QED) is 0.901. The summed E-state index contributed by atoms with van der Waals surface area (Å²) in [4.78, 5) is 0. The molecule has 0 saturated heterocycles. The van der Waals surface area contributed by atoms with E-state index >= 15 is 0 Å². The molecule has 2 aliphatic rings. The lowest BCUT2D eigenvalue weighted by Gasteiger charge is -2.32. The van der Waals surface area contributed by atoms with Crippen LogP contribution in [0.1, 0.15) is 42.4 Å². The maximum Gasteiger partial charge on any atom is 0.231 e. The number of aryl methyl sites for hydroxylation is 1. The Balaban J connectivity index is 1.60. The van der Waals surface area contributed by atoms with Gasteiger partial charge in [-0.05, 0) is 49.1 Å². The predicted octanol–water partition coefficient (Wildman–Crippen LogP) is 4.42. The minimum atomic E-state index is -0.270. The molecule has 4 heteroatoms. The van der Waals surface area contributed by atoms with Crippen LogP contribution in [0.4, 0.5) is 4.39 Å². The van der Waals surface area contributed by atoms with Gasteiger partial charge < -0.3 is 14.8 Å². The highest BCUT2D eigenvalue weighted by molar-refractivity contribution is 5.48. The maximum absolute atomic E-state index is 14.4. The van der Waals surface area contributed by atoms with Gasteiger partial charge >= 0.3 is 0 Å². The summed E-state index contributed by atoms with van der Waals surface area (Å²) in [6, 6.07) is 11.2. The van der Waals surface area contributed by atoms with Gasteiger partial charge in [0.25, 0.3) is 0 Å². The van der Waals surface area contributed by atoms with E-state index in [4.69, 9.17) is 9.47 Å². The molecule has 1 heterocycles. The standard InChI is InChI=1S/C20H22FNO2/c1-14-10-18-19(24-13-23-18)11-15(14)12-22-20(8-4-5-9-20)16-6-2-3-7-17(16)21/h2-3,6-7,10-11,22H,4-5,8-9,12-13H2,1H3. The second-order valence-corrected chi connectivity index (χ2v) is 6.75. The van der Waals surface area contributed by atoms with Crippen LogP contribution >= 0.6 is 0 Å². The summed E-state index contributed by atoms with van der Waals surface area (Å²) in [6.07, 6.45) is 4.19. The highest BCUT2D eigenvalue weighted by atomic mass is 19.1. The van der Waals surface area contributed by atoms with Crippen molar-refractivity contribution in [2.45, 2.75) is 44.7 Å². The fourth-order valence-corrected chi connectivity index (χ4v) is 3.91. The van der Waals surface area contributed by atoms with Gasteiger partial charge in [0.2, 0.25) is 6.79 Å². The predicted molar refractivity (Wildman–Crippen MR) is 90.7 cm³/mol. The van der Waals surface area contributed by atoms with E-state index in [1.54, 1.807) is 12.1 Å². The van der Waals surface area contributed by atoms with Gasteiger partial charge in [0, 0.05) is 17.6 Å². The first-order valence-electron chi connectivity index (χ1n) is 8.57. The van der Waals surface area contributed by atoms with E-state index in [1.165, 1.54) is 5.56 Å². The highest BCUT2D eigenvalue weighted by Crippen LogP contribution is 2.41. The van der Waals surface area contributed by atoms with Crippen molar-refractivity contribution in [3.8, 4) is 11.5 Å². The molecule has 2 aromatic carbocycles. The summed E-state index contributed by atoms with van der Waals surface area (Å²) in [5.41, 5.74) is 2.85. The Morgan fingerprint density at radius 2 is 1.79 bits per heavy atom. The van der Waals surface area contributed by atoms with Gasteiger partial charge in [0.1, 0.15) is 5.82 Å². The largest absolute Gasteiger partial charge is 0.454 e. The van der Waals surface area contributed by atoms with E-state index < -0.39 is 0 Å². The lowest BCUT2D eigenvalue weighted by Crippen LogP contribution is -2.40. The minimum Gasteiger partial charge on any atom is -0.454 e. The third-order valence-electron chi connectivity index (χ3n) is 5.29. The molecule has 0 radical (unpaired) electrons. The first-order chi connectivity index (χ1) is 11.7. The number of fused-ring (bicyclic) bond motifs is 1. The summed E-state index contributed by atoms with van der Waals surface area (Å²) in [5, 5.41) is 3.66. The van der Waals surface area contributed by atoms with E-state index in [0.29, 0.717) is 6.54 Å². The van der Waals surface area contributed by atoms with Crippen molar-refractivity contribution < 1.29 is 13.9 Å². The van der Waals surface area contributed by atoms with Crippen LogP contribution in [0.5, 0.6) is 11.5 Å². The van der Waals surface area contributed by atoms with Crippen LogP contribution in [-0.4, -0.2) is 6.79 Å². The lowest BCUT2D eigenvalue weighted by atomic mass is 9.87. The second kappa shape index (κ2) is 6.10. The average molecular weight is 327 g/mol. The van der Waals surface area contributed by atoms with Crippen molar-refractivity contribution in [2.24, 2.45) is 0 Å². The fraction of sp³-hybridized carbons (Fsp3) is 0.400. The molecule has 1 aliphatic carbocycles. The number of hydrogen-bond acceptors (Lipinski definition) is 3. The van der Waals surface area contributed by atoms with Crippen LogP contribution in [0.3, 0.4) is 0 Å². The average Bonchev–Trinajstić information content (AvgIpc) is 3.22. The van der Waals surface area contributed by atoms with Gasteiger partial charge in [-0.3, -0.25) is 0 Å². The molecule has 0 amide bonds. The number of rotatable bonds is 4. The third-order valence-corrected chi connectivity index (χ3v) is 5.29. The summed E-state index contributed by atoms with van der Waals surface area (Å²) in [7, 11) is 0. The topological polar surface area (TPSA) is 30.5 Å². The zero-order valence-corrected chi connectivity index (χ0v) is 13.9. The minimum absolute atomic E-state index is 0.116. The highest BCUT2D eigenvalue weighted by Gasteiger charge is 2.37. The van der Waals surface area contributed by atoms with Crippen LogP contribution in [0.2, 0.25) is 0 Å². The molecule has 1 N–H and O–H groups in total. The summed E-state index contributed by atoms with van der Waals surface area (Å²) >= 11 is 0. The van der Waals surface area contributed by atoms with E-state index in [0.717, 1.165) is 48.3 Å². The van der Waals surface area contributed by atoms with Gasteiger partial charge in [-0.25, -0.2) is 4.39 Å². The fourth-order valence-electron chi connectivity index (χ4n) is 3.91. The molecule has 0 atom stereocenters. The molecule has 2 aromatic rings. The summed E-state index contributed by atoms with van der Waals surface area (Å²) in [5.74, 6) is 1.49. The maximum atomic E-state index is 14.4. The lowest BCUT2D eigenvalue weighted by molar-refractivity contribution is 0.174. The Labute approximate surface area is 141 Å². The summed E-state index contributed by atoms with van der Waals surface area (Å²) in [6.45, 7) is 3.05. The summed E-state index contributed by atoms with van der Waals surface area (Å²) < 4.78 is 25.3. The smallest absolute Gasteiger partial charge is 0.231 e. The van der Waals surface area contributed by atoms with Gasteiger partial charge in [-0.2, -0.15) is 0 Å². The Bertz CT molecular complexity index is 753. The molecule has 0 spiro atoms. The Kier molecular flexibility index (Phi) is 3.93. The number of hydrogen-bond donors (Lipinski definition) is 1. The van der Waals surface area contributed by atoms with E-state index in [9.17, 15) is 4.39 Å². The zero-order chi connectivity index (χ0) is 16.6. The molecule has 0 aromatic heterocycles. The zero-order valence-electron chi connectivity index (χ0n) is 13.9. The Morgan fingerprint density at radius 1 is 1.08 bits per heavy atom. The second-order valence-electron chi connectivity index (χ2n) is 6.75. The molecule has 1 fully saturated rings. The normalized spacial score (nSPS) is 18.1. The first kappa shape index (κ1) is 15.5. The van der Waals surface area contributed by atoms with Gasteiger partial charge in [0.15, 0.2) is 11.5 Å². The van der Waals surface area contributed by atoms with Crippen LogP contribution in [0.15, 0.2) is 36.4 Å². The van der Waals surface area contributed by atoms with Crippen molar-refractivity contribution in [3.05, 3.63) is 58.9 Å². The van der Waals surface area contributed by atoms with E-state index in [2.05, 4.69) is 12.2 Å². The van der Waals surface area contributed by atoms with Crippen molar-refractivity contribution in [1.29, 1.82) is 0 Å². The van der Waals surface area contributed by atoms with Crippen molar-refractivity contribution >= 4 is 0 Å². The monoisotopic (exact) mass is 327 g/mol. The van der Waals surface area contributed by atoms with Crippen molar-refractivity contribution in [2.75, 3.05) is 6.79 Å². The third kappa shape index (κ3) is 2.65. The number of benzene rings is 2. The molecule has 3 nitrogen and oxygen atoms in total. The molecule has 1 saturated carbocycles. The van der Waals surface area contributed by atoms with Gasteiger partial charge in [0.05, 0.1) is 0 Å². The number of ether oxygens (including phenoxy) is 2. The van der Waals surface area contributed by atoms with Gasteiger partial charge in [-0.15, -0.1) is 0 Å². The van der Waals surface area contributed by atoms with Crippen LogP contribution in [0.25, 0.3) is 0 Å². The molecular weight excluding hydrogens is 305 g/mol. The first-order valence-corrected chi connectivity index (χ1v) is 8.57.